The van der Waals surface area contributed by atoms with Crippen LogP contribution in [0.4, 0.5) is 0 Å². The number of rotatable bonds is 6. The summed E-state index contributed by atoms with van der Waals surface area (Å²) in [6.07, 6.45) is 1.48. The monoisotopic (exact) mass is 424 g/mol. The van der Waals surface area contributed by atoms with Gasteiger partial charge in [-0.1, -0.05) is 30.3 Å². The lowest BCUT2D eigenvalue weighted by molar-refractivity contribution is -0.140. The predicted molar refractivity (Wildman–Crippen MR) is 116 cm³/mol. The summed E-state index contributed by atoms with van der Waals surface area (Å²) in [6.45, 7) is 0.380. The van der Waals surface area contributed by atoms with E-state index in [2.05, 4.69) is 4.98 Å². The highest BCUT2D eigenvalue weighted by atomic mass is 32.2. The van der Waals surface area contributed by atoms with Crippen molar-refractivity contribution in [3.8, 4) is 0 Å². The van der Waals surface area contributed by atoms with Gasteiger partial charge >= 0.3 is 11.7 Å². The topological polar surface area (TPSA) is 88.1 Å². The molecule has 2 aromatic heterocycles. The first kappa shape index (κ1) is 20.0. The van der Waals surface area contributed by atoms with E-state index in [0.717, 1.165) is 20.2 Å². The van der Waals surface area contributed by atoms with Gasteiger partial charge in [-0.25, -0.2) is 9.78 Å². The zero-order chi connectivity index (χ0) is 21.3. The van der Waals surface area contributed by atoms with Crippen LogP contribution >= 0.6 is 11.8 Å². The van der Waals surface area contributed by atoms with Crippen LogP contribution in [-0.2, 0) is 30.2 Å². The predicted octanol–water partition coefficient (Wildman–Crippen LogP) is 1.92. The van der Waals surface area contributed by atoms with Crippen molar-refractivity contribution >= 4 is 39.7 Å². The van der Waals surface area contributed by atoms with Gasteiger partial charge in [0.05, 0.1) is 18.6 Å². The molecule has 0 bridgehead atoms. The van der Waals surface area contributed by atoms with Crippen molar-refractivity contribution in [2.24, 2.45) is 14.1 Å². The van der Waals surface area contributed by atoms with Crippen LogP contribution in [0.25, 0.3) is 21.9 Å². The summed E-state index contributed by atoms with van der Waals surface area (Å²) in [7, 11) is 2.98. The van der Waals surface area contributed by atoms with Crippen LogP contribution in [0.1, 0.15) is 0 Å². The number of carbonyl (C=O) groups excluding carboxylic acids is 1. The van der Waals surface area contributed by atoms with Crippen LogP contribution < -0.4 is 11.2 Å². The number of esters is 1. The Labute approximate surface area is 175 Å². The van der Waals surface area contributed by atoms with Crippen molar-refractivity contribution in [2.75, 3.05) is 12.4 Å². The molecule has 0 aliphatic rings. The molecule has 0 amide bonds. The van der Waals surface area contributed by atoms with Crippen LogP contribution in [0.3, 0.4) is 0 Å². The molecule has 0 saturated heterocycles. The number of aromatic nitrogens is 4. The first-order valence-electron chi connectivity index (χ1n) is 9.34. The lowest BCUT2D eigenvalue weighted by Gasteiger charge is -2.08. The third-order valence-corrected chi connectivity index (χ3v) is 5.86. The largest absolute Gasteiger partial charge is 0.463 e. The maximum atomic E-state index is 12.4. The maximum absolute atomic E-state index is 12.4. The van der Waals surface area contributed by atoms with E-state index >= 15 is 0 Å². The summed E-state index contributed by atoms with van der Waals surface area (Å²) in [5.74, 6) is -0.142. The number of hydrogen-bond donors (Lipinski definition) is 0. The molecule has 0 unspecified atom stereocenters. The second-order valence-electron chi connectivity index (χ2n) is 6.83. The normalized spacial score (nSPS) is 11.3. The van der Waals surface area contributed by atoms with Gasteiger partial charge in [0, 0.05) is 19.0 Å². The molecule has 0 aliphatic heterocycles. The summed E-state index contributed by atoms with van der Waals surface area (Å²) in [5.41, 5.74) is -0.249. The van der Waals surface area contributed by atoms with E-state index < -0.39 is 11.2 Å². The highest BCUT2D eigenvalue weighted by molar-refractivity contribution is 8.00. The maximum Gasteiger partial charge on any atom is 0.332 e. The van der Waals surface area contributed by atoms with E-state index in [4.69, 9.17) is 4.74 Å². The number of aryl methyl sites for hydroxylation is 1. The Bertz CT molecular complexity index is 1370. The second-order valence-corrected chi connectivity index (χ2v) is 7.88. The van der Waals surface area contributed by atoms with Gasteiger partial charge in [-0.2, -0.15) is 0 Å². The van der Waals surface area contributed by atoms with E-state index in [1.54, 1.807) is 11.6 Å². The first-order chi connectivity index (χ1) is 14.5. The number of fused-ring (bicyclic) bond motifs is 2. The Morgan fingerprint density at radius 2 is 1.83 bits per heavy atom. The fraction of sp³-hybridized carbons (Fsp3) is 0.238. The Balaban J connectivity index is 1.37. The van der Waals surface area contributed by atoms with Gasteiger partial charge in [0.1, 0.15) is 6.61 Å². The molecule has 0 fully saturated rings. The van der Waals surface area contributed by atoms with Gasteiger partial charge in [-0.3, -0.25) is 18.7 Å². The van der Waals surface area contributed by atoms with E-state index in [0.29, 0.717) is 11.2 Å². The number of nitrogens with zero attached hydrogens (tertiary/aromatic N) is 4. The molecule has 9 heteroatoms. The Kier molecular flexibility index (Phi) is 5.45. The lowest BCUT2D eigenvalue weighted by Crippen LogP contribution is -2.37. The Morgan fingerprint density at radius 3 is 2.63 bits per heavy atom. The Hall–Kier alpha value is -3.33. The highest BCUT2D eigenvalue weighted by Gasteiger charge is 2.14. The van der Waals surface area contributed by atoms with Gasteiger partial charge in [0.15, 0.2) is 11.2 Å². The molecule has 0 aliphatic carbocycles. The molecule has 154 valence electrons. The molecular weight excluding hydrogens is 404 g/mol. The third kappa shape index (κ3) is 3.76. The Morgan fingerprint density at radius 1 is 1.07 bits per heavy atom. The van der Waals surface area contributed by atoms with Crippen LogP contribution in [-0.4, -0.2) is 37.0 Å². The number of thioether (sulfide) groups is 1. The summed E-state index contributed by atoms with van der Waals surface area (Å²) in [5, 5.41) is 2.28. The van der Waals surface area contributed by atoms with Gasteiger partial charge in [-0.15, -0.1) is 11.8 Å². The molecular formula is C21H20N4O4S. The second kappa shape index (κ2) is 8.19. The summed E-state index contributed by atoms with van der Waals surface area (Å²) in [4.78, 5) is 41.6. The minimum Gasteiger partial charge on any atom is -0.463 e. The van der Waals surface area contributed by atoms with Crippen molar-refractivity contribution < 1.29 is 9.53 Å². The molecule has 4 rings (SSSR count). The number of ether oxygens (including phenoxy) is 1. The zero-order valence-corrected chi connectivity index (χ0v) is 17.4. The molecule has 2 heterocycles. The van der Waals surface area contributed by atoms with Crippen LogP contribution in [0, 0.1) is 0 Å². The van der Waals surface area contributed by atoms with E-state index in [-0.39, 0.29) is 24.9 Å². The minimum absolute atomic E-state index is 0.106. The molecule has 4 aromatic rings. The number of benzene rings is 2. The van der Waals surface area contributed by atoms with Crippen molar-refractivity contribution in [3.63, 3.8) is 0 Å². The van der Waals surface area contributed by atoms with E-state index in [9.17, 15) is 14.4 Å². The van der Waals surface area contributed by atoms with Crippen molar-refractivity contribution in [1.82, 2.24) is 18.7 Å². The van der Waals surface area contributed by atoms with Crippen molar-refractivity contribution in [2.45, 2.75) is 11.4 Å². The average molecular weight is 424 g/mol. The smallest absolute Gasteiger partial charge is 0.332 e. The number of hydrogen-bond acceptors (Lipinski definition) is 6. The minimum atomic E-state index is -0.435. The van der Waals surface area contributed by atoms with Crippen LogP contribution in [0.5, 0.6) is 0 Å². The average Bonchev–Trinajstić information content (AvgIpc) is 3.18. The van der Waals surface area contributed by atoms with Crippen molar-refractivity contribution in [3.05, 3.63) is 69.6 Å². The summed E-state index contributed by atoms with van der Waals surface area (Å²) in [6, 6.07) is 14.1. The third-order valence-electron chi connectivity index (χ3n) is 4.89. The van der Waals surface area contributed by atoms with Gasteiger partial charge in [-0.05, 0) is 22.9 Å². The molecule has 0 radical (unpaired) electrons. The van der Waals surface area contributed by atoms with Gasteiger partial charge in [0.25, 0.3) is 5.56 Å². The number of imidazole rings is 1. The molecule has 0 spiro atoms. The zero-order valence-electron chi connectivity index (χ0n) is 16.6. The summed E-state index contributed by atoms with van der Waals surface area (Å²) >= 11 is 1.42. The van der Waals surface area contributed by atoms with Crippen LogP contribution in [0.15, 0.2) is 63.3 Å². The van der Waals surface area contributed by atoms with Crippen LogP contribution in [0.2, 0.25) is 0 Å². The molecule has 0 N–H and O–H groups in total. The standard InChI is InChI=1S/C21H20N4O4S/c1-23-19-18(20(27)24(2)21(23)28)25(13-22-19)9-10-29-17(26)12-30-16-8-7-14-5-3-4-6-15(14)11-16/h3-8,11,13H,9-10,12H2,1-2H3. The lowest BCUT2D eigenvalue weighted by atomic mass is 10.1. The first-order valence-corrected chi connectivity index (χ1v) is 10.3. The molecule has 2 aromatic carbocycles. The summed E-state index contributed by atoms with van der Waals surface area (Å²) < 4.78 is 9.26. The SMILES string of the molecule is Cn1c(=O)c2c(ncn2CCOC(=O)CSc2ccc3ccccc3c2)n(C)c1=O. The van der Waals surface area contributed by atoms with E-state index in [1.807, 2.05) is 42.5 Å². The quantitative estimate of drug-likeness (QED) is 0.347. The van der Waals surface area contributed by atoms with Gasteiger partial charge in [0.2, 0.25) is 0 Å². The molecule has 0 saturated carbocycles. The highest BCUT2D eigenvalue weighted by Crippen LogP contribution is 2.23. The van der Waals surface area contributed by atoms with Crippen molar-refractivity contribution in [1.29, 1.82) is 0 Å². The van der Waals surface area contributed by atoms with Gasteiger partial charge < -0.3 is 9.30 Å². The fourth-order valence-electron chi connectivity index (χ4n) is 3.27. The molecule has 8 nitrogen and oxygen atoms in total. The fourth-order valence-corrected chi connectivity index (χ4v) is 4.01. The molecule has 0 atom stereocenters. The van der Waals surface area contributed by atoms with E-state index in [1.165, 1.54) is 29.7 Å². The number of carbonyl (C=O) groups is 1. The molecule has 30 heavy (non-hydrogen) atoms.